The quantitative estimate of drug-likeness (QED) is 0.267. The van der Waals surface area contributed by atoms with Crippen LogP contribution in [-0.2, 0) is 16.1 Å². The topological polar surface area (TPSA) is 99.3 Å². The molecule has 0 amide bonds. The maximum absolute atomic E-state index is 13.3. The van der Waals surface area contributed by atoms with Crippen LogP contribution in [0.3, 0.4) is 0 Å². The third-order valence-electron chi connectivity index (χ3n) is 5.68. The van der Waals surface area contributed by atoms with Gasteiger partial charge in [-0.1, -0.05) is 42.5 Å². The highest BCUT2D eigenvalue weighted by Crippen LogP contribution is 2.40. The number of nitro groups is 1. The van der Waals surface area contributed by atoms with Crippen LogP contribution < -0.4 is 5.32 Å². The molecule has 1 aliphatic rings. The second-order valence-corrected chi connectivity index (χ2v) is 7.77. The Hall–Kier alpha value is -4.46. The molecule has 8 nitrogen and oxygen atoms in total. The molecule has 0 radical (unpaired) electrons. The summed E-state index contributed by atoms with van der Waals surface area (Å²) in [5, 5.41) is 14.4. The fourth-order valence-corrected chi connectivity index (χ4v) is 4.12. The summed E-state index contributed by atoms with van der Waals surface area (Å²) < 4.78 is 7.61. The van der Waals surface area contributed by atoms with E-state index in [9.17, 15) is 14.9 Å². The summed E-state index contributed by atoms with van der Waals surface area (Å²) in [7, 11) is 0. The van der Waals surface area contributed by atoms with Gasteiger partial charge >= 0.3 is 5.97 Å². The number of carbonyl (C=O) groups excluding carboxylic acids is 1. The molecule has 1 N–H and O–H groups in total. The normalized spacial score (nSPS) is 15.1. The van der Waals surface area contributed by atoms with Crippen LogP contribution in [-0.4, -0.2) is 20.4 Å². The monoisotopic (exact) mass is 440 g/mol. The number of anilines is 1. The number of allylic oxidation sites excluding steroid dienone is 1. The van der Waals surface area contributed by atoms with Crippen molar-refractivity contribution in [2.24, 2.45) is 0 Å². The highest BCUT2D eigenvalue weighted by molar-refractivity contribution is 5.94. The van der Waals surface area contributed by atoms with Gasteiger partial charge in [-0.15, -0.1) is 0 Å². The zero-order valence-electron chi connectivity index (χ0n) is 17.8. The van der Waals surface area contributed by atoms with Crippen molar-refractivity contribution < 1.29 is 14.5 Å². The number of aromatic nitrogens is 2. The minimum atomic E-state index is -0.558. The van der Waals surface area contributed by atoms with Gasteiger partial charge in [-0.2, -0.15) is 0 Å². The molecule has 3 aromatic carbocycles. The van der Waals surface area contributed by atoms with Crippen LogP contribution in [0.1, 0.15) is 24.1 Å². The van der Waals surface area contributed by atoms with E-state index in [4.69, 9.17) is 4.74 Å². The van der Waals surface area contributed by atoms with Crippen LogP contribution in [0.2, 0.25) is 0 Å². The number of para-hydroxylation sites is 2. The number of carbonyl (C=O) groups is 1. The Morgan fingerprint density at radius 2 is 1.76 bits per heavy atom. The zero-order chi connectivity index (χ0) is 22.9. The van der Waals surface area contributed by atoms with Gasteiger partial charge in [0.05, 0.1) is 27.6 Å². The first-order valence-electron chi connectivity index (χ1n) is 10.4. The molecule has 2 heterocycles. The number of hydrogen-bond donors (Lipinski definition) is 1. The molecule has 0 bridgehead atoms. The number of esters is 1. The van der Waals surface area contributed by atoms with Crippen molar-refractivity contribution in [3.8, 4) is 0 Å². The van der Waals surface area contributed by atoms with E-state index in [1.807, 2.05) is 59.2 Å². The molecule has 0 aliphatic carbocycles. The fraction of sp³-hybridized carbons (Fsp3) is 0.120. The Kier molecular flexibility index (Phi) is 5.10. The lowest BCUT2D eigenvalue weighted by atomic mass is 9.95. The van der Waals surface area contributed by atoms with Crippen molar-refractivity contribution in [2.75, 3.05) is 5.32 Å². The first-order valence-corrected chi connectivity index (χ1v) is 10.4. The molecule has 1 aliphatic heterocycles. The Bertz CT molecular complexity index is 1390. The summed E-state index contributed by atoms with van der Waals surface area (Å²) in [6.45, 7) is 1.95. The van der Waals surface area contributed by atoms with Gasteiger partial charge in [-0.25, -0.2) is 9.78 Å². The number of nitro benzene ring substituents is 1. The van der Waals surface area contributed by atoms with E-state index < -0.39 is 16.9 Å². The predicted octanol–water partition coefficient (Wildman–Crippen LogP) is 4.98. The molecule has 1 atom stereocenters. The molecule has 0 unspecified atom stereocenters. The SMILES string of the molecule is CC1=C(C(=O)OCc2ccccc2)[C@H](c2ccc([N+](=O)[O-])cc2)n2c(nc3ccccc32)N1. The number of fused-ring (bicyclic) bond motifs is 3. The maximum atomic E-state index is 13.3. The van der Waals surface area contributed by atoms with Gasteiger partial charge in [-0.05, 0) is 42.3 Å². The average Bonchev–Trinajstić information content (AvgIpc) is 3.20. The molecule has 164 valence electrons. The number of nitrogens with zero attached hydrogens (tertiary/aromatic N) is 3. The summed E-state index contributed by atoms with van der Waals surface area (Å²) in [6, 6.07) is 22.8. The molecule has 0 fully saturated rings. The van der Waals surface area contributed by atoms with Gasteiger partial charge in [0.1, 0.15) is 6.61 Å². The molecule has 1 aromatic heterocycles. The van der Waals surface area contributed by atoms with E-state index >= 15 is 0 Å². The van der Waals surface area contributed by atoms with Crippen LogP contribution in [0.5, 0.6) is 0 Å². The second-order valence-electron chi connectivity index (χ2n) is 7.77. The van der Waals surface area contributed by atoms with Crippen molar-refractivity contribution in [3.63, 3.8) is 0 Å². The highest BCUT2D eigenvalue weighted by atomic mass is 16.6. The number of benzene rings is 3. The first-order chi connectivity index (χ1) is 16.0. The van der Waals surface area contributed by atoms with E-state index in [0.29, 0.717) is 17.2 Å². The van der Waals surface area contributed by atoms with E-state index in [1.54, 1.807) is 19.1 Å². The lowest BCUT2D eigenvalue weighted by molar-refractivity contribution is -0.384. The number of rotatable bonds is 5. The van der Waals surface area contributed by atoms with Crippen LogP contribution in [0.25, 0.3) is 11.0 Å². The summed E-state index contributed by atoms with van der Waals surface area (Å²) in [6.07, 6.45) is 0. The van der Waals surface area contributed by atoms with Crippen LogP contribution in [0, 0.1) is 10.1 Å². The number of nitrogens with one attached hydrogen (secondary N) is 1. The van der Waals surface area contributed by atoms with Gasteiger partial charge in [0, 0.05) is 17.8 Å². The minimum absolute atomic E-state index is 0.0164. The van der Waals surface area contributed by atoms with Gasteiger partial charge < -0.3 is 10.1 Å². The van der Waals surface area contributed by atoms with Crippen LogP contribution in [0.15, 0.2) is 90.1 Å². The van der Waals surface area contributed by atoms with Gasteiger partial charge in [0.2, 0.25) is 5.95 Å². The third kappa shape index (κ3) is 3.71. The molecule has 33 heavy (non-hydrogen) atoms. The lowest BCUT2D eigenvalue weighted by Crippen LogP contribution is -2.29. The largest absolute Gasteiger partial charge is 0.457 e. The number of imidazole rings is 1. The average molecular weight is 440 g/mol. The van der Waals surface area contributed by atoms with Crippen molar-refractivity contribution in [1.29, 1.82) is 0 Å². The number of ether oxygens (including phenoxy) is 1. The van der Waals surface area contributed by atoms with Crippen molar-refractivity contribution in [3.05, 3.63) is 111 Å². The summed E-state index contributed by atoms with van der Waals surface area (Å²) in [4.78, 5) is 28.7. The minimum Gasteiger partial charge on any atom is -0.457 e. The molecular formula is C25H20N4O4. The van der Waals surface area contributed by atoms with Crippen LogP contribution in [0.4, 0.5) is 11.6 Å². The smallest absolute Gasteiger partial charge is 0.338 e. The Morgan fingerprint density at radius 3 is 2.48 bits per heavy atom. The molecule has 5 rings (SSSR count). The van der Waals surface area contributed by atoms with Gasteiger partial charge in [0.15, 0.2) is 0 Å². The summed E-state index contributed by atoms with van der Waals surface area (Å²) >= 11 is 0. The third-order valence-corrected chi connectivity index (χ3v) is 5.68. The Morgan fingerprint density at radius 1 is 1.06 bits per heavy atom. The highest BCUT2D eigenvalue weighted by Gasteiger charge is 2.35. The molecule has 0 spiro atoms. The summed E-state index contributed by atoms with van der Waals surface area (Å²) in [5.74, 6) is 0.132. The van der Waals surface area contributed by atoms with E-state index in [2.05, 4.69) is 10.3 Å². The van der Waals surface area contributed by atoms with Crippen molar-refractivity contribution in [2.45, 2.75) is 19.6 Å². The standard InChI is InChI=1S/C25H20N4O4/c1-16-22(24(30)33-15-17-7-3-2-4-8-17)23(18-11-13-19(14-12-18)29(31)32)28-21-10-6-5-9-20(21)27-25(28)26-16/h2-14,23H,15H2,1H3,(H,26,27)/t23-/m0/s1. The van der Waals surface area contributed by atoms with Crippen molar-refractivity contribution >= 4 is 28.6 Å². The van der Waals surface area contributed by atoms with Gasteiger partial charge in [0.25, 0.3) is 5.69 Å². The molecule has 0 saturated carbocycles. The summed E-state index contributed by atoms with van der Waals surface area (Å²) in [5.41, 5.74) is 4.25. The van der Waals surface area contributed by atoms with E-state index in [0.717, 1.165) is 22.2 Å². The molecule has 0 saturated heterocycles. The number of hydrogen-bond acceptors (Lipinski definition) is 6. The fourth-order valence-electron chi connectivity index (χ4n) is 4.12. The van der Waals surface area contributed by atoms with E-state index in [1.165, 1.54) is 12.1 Å². The van der Waals surface area contributed by atoms with Crippen molar-refractivity contribution in [1.82, 2.24) is 9.55 Å². The Balaban J connectivity index is 1.59. The molecular weight excluding hydrogens is 420 g/mol. The predicted molar refractivity (Wildman–Crippen MR) is 124 cm³/mol. The van der Waals surface area contributed by atoms with Gasteiger partial charge in [-0.3, -0.25) is 14.7 Å². The van der Waals surface area contributed by atoms with E-state index in [-0.39, 0.29) is 12.3 Å². The zero-order valence-corrected chi connectivity index (χ0v) is 17.8. The second kappa shape index (κ2) is 8.23. The number of non-ortho nitro benzene ring substituents is 1. The van der Waals surface area contributed by atoms with Crippen LogP contribution >= 0.6 is 0 Å². The Labute approximate surface area is 189 Å². The lowest BCUT2D eigenvalue weighted by Gasteiger charge is -2.30. The molecule has 8 heteroatoms. The maximum Gasteiger partial charge on any atom is 0.338 e. The first kappa shape index (κ1) is 20.4. The molecule has 4 aromatic rings.